The molecule has 0 bridgehead atoms. The van der Waals surface area contributed by atoms with E-state index in [1.54, 1.807) is 23.7 Å². The van der Waals surface area contributed by atoms with Crippen LogP contribution in [0.1, 0.15) is 17.1 Å². The number of nitrogens with one attached hydrogen (secondary N) is 1. The van der Waals surface area contributed by atoms with E-state index in [0.717, 1.165) is 22.0 Å². The number of hydrogen-bond donors (Lipinski definition) is 2. The Hall–Kier alpha value is -2.35. The van der Waals surface area contributed by atoms with Crippen LogP contribution in [0.2, 0.25) is 0 Å². The number of carbonyl (C=O) groups excluding carboxylic acids is 1. The topological polar surface area (TPSA) is 90.2 Å². The van der Waals surface area contributed by atoms with Gasteiger partial charge in [0.15, 0.2) is 4.96 Å². The second-order valence-electron chi connectivity index (χ2n) is 4.89. The molecule has 8 heteroatoms. The summed E-state index contributed by atoms with van der Waals surface area (Å²) in [5.41, 5.74) is 9.31. The number of nitrogens with zero attached hydrogens (tertiary/aromatic N) is 4. The minimum atomic E-state index is -0.410. The Labute approximate surface area is 125 Å². The summed E-state index contributed by atoms with van der Waals surface area (Å²) < 4.78 is 3.67. The summed E-state index contributed by atoms with van der Waals surface area (Å²) in [6, 6.07) is 0. The molecule has 0 fully saturated rings. The molecule has 7 nitrogen and oxygen atoms in total. The maximum Gasteiger partial charge on any atom is 0.239 e. The number of anilines is 1. The fourth-order valence-electron chi connectivity index (χ4n) is 2.26. The summed E-state index contributed by atoms with van der Waals surface area (Å²) in [6.07, 6.45) is 3.44. The SMILES string of the molecule is Cc1nc2scc(C)n2c1CNc1cnn(CC(N)=O)c1. The van der Waals surface area contributed by atoms with Crippen molar-refractivity contribution in [2.75, 3.05) is 5.32 Å². The van der Waals surface area contributed by atoms with Crippen LogP contribution in [0, 0.1) is 13.8 Å². The van der Waals surface area contributed by atoms with Crippen molar-refractivity contribution < 1.29 is 4.79 Å². The molecule has 0 saturated heterocycles. The van der Waals surface area contributed by atoms with Crippen molar-refractivity contribution in [1.29, 1.82) is 0 Å². The van der Waals surface area contributed by atoms with E-state index in [2.05, 4.69) is 32.1 Å². The Morgan fingerprint density at radius 1 is 1.48 bits per heavy atom. The molecule has 3 N–H and O–H groups in total. The fourth-order valence-corrected chi connectivity index (χ4v) is 3.19. The van der Waals surface area contributed by atoms with Crippen LogP contribution in [0.15, 0.2) is 17.8 Å². The highest BCUT2D eigenvalue weighted by atomic mass is 32.1. The Balaban J connectivity index is 1.77. The van der Waals surface area contributed by atoms with Gasteiger partial charge in [-0.1, -0.05) is 0 Å². The molecule has 0 aliphatic rings. The predicted octanol–water partition coefficient (Wildman–Crippen LogP) is 1.31. The van der Waals surface area contributed by atoms with Crippen molar-refractivity contribution in [3.63, 3.8) is 0 Å². The van der Waals surface area contributed by atoms with Crippen LogP contribution in [0.5, 0.6) is 0 Å². The highest BCUT2D eigenvalue weighted by molar-refractivity contribution is 7.15. The van der Waals surface area contributed by atoms with Gasteiger partial charge in [0.1, 0.15) is 6.54 Å². The zero-order valence-electron chi connectivity index (χ0n) is 11.8. The van der Waals surface area contributed by atoms with Crippen molar-refractivity contribution in [3.05, 3.63) is 34.9 Å². The number of imidazole rings is 1. The highest BCUT2D eigenvalue weighted by Gasteiger charge is 2.12. The molecule has 3 aromatic heterocycles. The number of aryl methyl sites for hydroxylation is 2. The number of nitrogens with two attached hydrogens (primary N) is 1. The molecule has 0 spiro atoms. The van der Waals surface area contributed by atoms with Crippen LogP contribution in [-0.4, -0.2) is 25.1 Å². The van der Waals surface area contributed by atoms with E-state index in [9.17, 15) is 4.79 Å². The number of fused-ring (bicyclic) bond motifs is 1. The molecule has 0 aliphatic heterocycles. The number of thiazole rings is 1. The predicted molar refractivity (Wildman–Crippen MR) is 81.3 cm³/mol. The maximum atomic E-state index is 10.9. The minimum absolute atomic E-state index is 0.0846. The van der Waals surface area contributed by atoms with Gasteiger partial charge in [-0.05, 0) is 13.8 Å². The molecule has 1 amide bonds. The molecular weight excluding hydrogens is 288 g/mol. The largest absolute Gasteiger partial charge is 0.377 e. The first kappa shape index (κ1) is 13.6. The molecule has 3 rings (SSSR count). The normalized spacial score (nSPS) is 11.1. The lowest BCUT2D eigenvalue weighted by atomic mass is 10.3. The highest BCUT2D eigenvalue weighted by Crippen LogP contribution is 2.21. The summed E-state index contributed by atoms with van der Waals surface area (Å²) in [6.45, 7) is 4.81. The van der Waals surface area contributed by atoms with E-state index in [1.807, 2.05) is 6.92 Å². The monoisotopic (exact) mass is 304 g/mol. The molecule has 3 aromatic rings. The zero-order valence-corrected chi connectivity index (χ0v) is 12.6. The van der Waals surface area contributed by atoms with Crippen molar-refractivity contribution >= 4 is 27.9 Å². The van der Waals surface area contributed by atoms with Gasteiger partial charge >= 0.3 is 0 Å². The molecule has 0 atom stereocenters. The number of aromatic nitrogens is 4. The van der Waals surface area contributed by atoms with Crippen LogP contribution in [0.3, 0.4) is 0 Å². The molecule has 3 heterocycles. The van der Waals surface area contributed by atoms with Crippen LogP contribution >= 0.6 is 11.3 Å². The molecule has 0 radical (unpaired) electrons. The Kier molecular flexibility index (Phi) is 3.38. The molecule has 0 unspecified atom stereocenters. The quantitative estimate of drug-likeness (QED) is 0.743. The molecule has 21 heavy (non-hydrogen) atoms. The maximum absolute atomic E-state index is 10.9. The van der Waals surface area contributed by atoms with Crippen molar-refractivity contribution in [2.45, 2.75) is 26.9 Å². The van der Waals surface area contributed by atoms with E-state index in [0.29, 0.717) is 6.54 Å². The van der Waals surface area contributed by atoms with Gasteiger partial charge in [-0.15, -0.1) is 11.3 Å². The summed E-state index contributed by atoms with van der Waals surface area (Å²) in [4.78, 5) is 16.4. The van der Waals surface area contributed by atoms with E-state index in [4.69, 9.17) is 5.73 Å². The first-order valence-electron chi connectivity index (χ1n) is 6.51. The van der Waals surface area contributed by atoms with Gasteiger partial charge in [0.25, 0.3) is 0 Å². The van der Waals surface area contributed by atoms with Gasteiger partial charge in [0.2, 0.25) is 5.91 Å². The van der Waals surface area contributed by atoms with E-state index >= 15 is 0 Å². The summed E-state index contributed by atoms with van der Waals surface area (Å²) in [5, 5.41) is 9.47. The van der Waals surface area contributed by atoms with Crippen LogP contribution in [0.25, 0.3) is 4.96 Å². The minimum Gasteiger partial charge on any atom is -0.377 e. The average molecular weight is 304 g/mol. The third-order valence-corrected chi connectivity index (χ3v) is 4.18. The lowest BCUT2D eigenvalue weighted by Gasteiger charge is -2.05. The van der Waals surface area contributed by atoms with Gasteiger partial charge in [-0.25, -0.2) is 4.98 Å². The smallest absolute Gasteiger partial charge is 0.239 e. The van der Waals surface area contributed by atoms with E-state index in [-0.39, 0.29) is 6.54 Å². The third kappa shape index (κ3) is 2.62. The Morgan fingerprint density at radius 2 is 2.29 bits per heavy atom. The average Bonchev–Trinajstić information content (AvgIpc) is 3.06. The first-order chi connectivity index (χ1) is 10.0. The van der Waals surface area contributed by atoms with Crippen LogP contribution < -0.4 is 11.1 Å². The Morgan fingerprint density at radius 3 is 3.05 bits per heavy atom. The summed E-state index contributed by atoms with van der Waals surface area (Å²) in [7, 11) is 0. The molecule has 110 valence electrons. The summed E-state index contributed by atoms with van der Waals surface area (Å²) >= 11 is 1.64. The van der Waals surface area contributed by atoms with Crippen molar-refractivity contribution in [2.24, 2.45) is 5.73 Å². The van der Waals surface area contributed by atoms with Crippen LogP contribution in [-0.2, 0) is 17.9 Å². The number of rotatable bonds is 5. The second-order valence-corrected chi connectivity index (χ2v) is 5.72. The summed E-state index contributed by atoms with van der Waals surface area (Å²) in [5.74, 6) is -0.410. The van der Waals surface area contributed by atoms with Gasteiger partial charge in [-0.2, -0.15) is 5.10 Å². The van der Waals surface area contributed by atoms with Gasteiger partial charge in [0.05, 0.1) is 29.8 Å². The van der Waals surface area contributed by atoms with E-state index < -0.39 is 5.91 Å². The van der Waals surface area contributed by atoms with Crippen molar-refractivity contribution in [3.8, 4) is 0 Å². The fraction of sp³-hybridized carbons (Fsp3) is 0.308. The lowest BCUT2D eigenvalue weighted by Crippen LogP contribution is -2.18. The molecule has 0 aromatic carbocycles. The number of hydrogen-bond acceptors (Lipinski definition) is 5. The Bertz CT molecular complexity index is 799. The van der Waals surface area contributed by atoms with E-state index in [1.165, 1.54) is 10.4 Å². The van der Waals surface area contributed by atoms with Crippen molar-refractivity contribution in [1.82, 2.24) is 19.2 Å². The zero-order chi connectivity index (χ0) is 15.0. The van der Waals surface area contributed by atoms with Gasteiger partial charge < -0.3 is 11.1 Å². The number of primary amides is 1. The molecule has 0 aliphatic carbocycles. The number of amides is 1. The molecule has 0 saturated carbocycles. The van der Waals surface area contributed by atoms with Crippen LogP contribution in [0.4, 0.5) is 5.69 Å². The van der Waals surface area contributed by atoms with Gasteiger partial charge in [0, 0.05) is 17.3 Å². The third-order valence-electron chi connectivity index (χ3n) is 3.24. The lowest BCUT2D eigenvalue weighted by molar-refractivity contribution is -0.118. The first-order valence-corrected chi connectivity index (χ1v) is 7.39. The number of carbonyl (C=O) groups is 1. The standard InChI is InChI=1S/C13H16N6OS/c1-8-7-21-13-17-9(2)11(19(8)13)4-15-10-3-16-18(5-10)6-12(14)20/h3,5,7,15H,4,6H2,1-2H3,(H2,14,20). The molecular formula is C13H16N6OS. The second kappa shape index (κ2) is 5.21. The van der Waals surface area contributed by atoms with Gasteiger partial charge in [-0.3, -0.25) is 13.9 Å².